The highest BCUT2D eigenvalue weighted by Crippen LogP contribution is 2.49. The minimum atomic E-state index is -4.29. The summed E-state index contributed by atoms with van der Waals surface area (Å²) in [5.74, 6) is 0.148. The lowest BCUT2D eigenvalue weighted by atomic mass is 10.0. The van der Waals surface area contributed by atoms with E-state index in [1.807, 2.05) is 9.80 Å². The Morgan fingerprint density at radius 1 is 1.03 bits per heavy atom. The van der Waals surface area contributed by atoms with Gasteiger partial charge in [-0.2, -0.15) is 13.2 Å². The van der Waals surface area contributed by atoms with Crippen molar-refractivity contribution in [2.45, 2.75) is 28.8 Å². The van der Waals surface area contributed by atoms with Crippen LogP contribution in [0.4, 0.5) is 13.2 Å². The number of hydrogen-bond donors (Lipinski definition) is 0. The number of piperazine rings is 1. The zero-order chi connectivity index (χ0) is 23.2. The van der Waals surface area contributed by atoms with Crippen molar-refractivity contribution in [1.82, 2.24) is 19.7 Å². The molecule has 176 valence electrons. The SMILES string of the molecule is O=C(c1cscn1)N1CCN(C2CN(C(=O)[C@@H]3C[C@H]3c3ccc(SC(F)(F)F)cc3)C2)CC1. The van der Waals surface area contributed by atoms with Crippen LogP contribution < -0.4 is 0 Å². The minimum absolute atomic E-state index is 0.0221. The average Bonchev–Trinajstić information content (AvgIpc) is 3.36. The fraction of sp³-hybridized carbons (Fsp3) is 0.500. The van der Waals surface area contributed by atoms with Crippen LogP contribution in [-0.4, -0.2) is 82.3 Å². The lowest BCUT2D eigenvalue weighted by Crippen LogP contribution is -2.64. The van der Waals surface area contributed by atoms with Crippen molar-refractivity contribution < 1.29 is 22.8 Å². The van der Waals surface area contributed by atoms with Gasteiger partial charge < -0.3 is 9.80 Å². The van der Waals surface area contributed by atoms with Crippen molar-refractivity contribution in [3.63, 3.8) is 0 Å². The fourth-order valence-electron chi connectivity index (χ4n) is 4.62. The smallest absolute Gasteiger partial charge is 0.339 e. The van der Waals surface area contributed by atoms with Crippen molar-refractivity contribution >= 4 is 34.9 Å². The second kappa shape index (κ2) is 8.92. The van der Waals surface area contributed by atoms with Crippen molar-refractivity contribution in [2.24, 2.45) is 5.92 Å². The van der Waals surface area contributed by atoms with Gasteiger partial charge in [-0.1, -0.05) is 12.1 Å². The molecule has 0 bridgehead atoms. The highest BCUT2D eigenvalue weighted by atomic mass is 32.2. The van der Waals surface area contributed by atoms with E-state index in [-0.39, 0.29) is 40.3 Å². The minimum Gasteiger partial charge on any atom is -0.339 e. The Morgan fingerprint density at radius 3 is 2.33 bits per heavy atom. The Hall–Kier alpha value is -2.11. The molecule has 3 heterocycles. The molecular weight excluding hydrogens is 473 g/mol. The van der Waals surface area contributed by atoms with Crippen LogP contribution >= 0.6 is 23.1 Å². The van der Waals surface area contributed by atoms with Crippen LogP contribution in [0.25, 0.3) is 0 Å². The molecule has 0 spiro atoms. The Bertz CT molecular complexity index is 1000. The molecule has 1 aromatic carbocycles. The standard InChI is InChI=1S/C22H23F3N4O2S2/c23-22(24,25)33-16-3-1-14(2-4-16)17-9-18(17)20(30)29-10-15(11-29)27-5-7-28(8-6-27)21(31)19-12-32-13-26-19/h1-4,12-13,15,17-18H,5-11H2/t17-,18+/m0/s1. The molecule has 0 N–H and O–H groups in total. The molecule has 33 heavy (non-hydrogen) atoms. The van der Waals surface area contributed by atoms with Gasteiger partial charge in [0.25, 0.3) is 5.91 Å². The van der Waals surface area contributed by atoms with Crippen LogP contribution in [0.5, 0.6) is 0 Å². The van der Waals surface area contributed by atoms with Gasteiger partial charge >= 0.3 is 5.51 Å². The molecule has 2 atom stereocenters. The molecule has 1 aromatic heterocycles. The lowest BCUT2D eigenvalue weighted by Gasteiger charge is -2.48. The van der Waals surface area contributed by atoms with Crippen LogP contribution in [0.15, 0.2) is 40.1 Å². The largest absolute Gasteiger partial charge is 0.446 e. The van der Waals surface area contributed by atoms with Gasteiger partial charge in [-0.05, 0) is 41.8 Å². The fourth-order valence-corrected chi connectivity index (χ4v) is 5.69. The second-order valence-electron chi connectivity index (χ2n) is 8.66. The Balaban J connectivity index is 1.06. The molecule has 2 saturated heterocycles. The molecule has 5 rings (SSSR count). The van der Waals surface area contributed by atoms with Crippen LogP contribution in [0.2, 0.25) is 0 Å². The predicted molar refractivity (Wildman–Crippen MR) is 119 cm³/mol. The molecule has 2 aromatic rings. The number of nitrogens with zero attached hydrogens (tertiary/aromatic N) is 4. The number of halogens is 3. The van der Waals surface area contributed by atoms with E-state index in [0.29, 0.717) is 37.9 Å². The topological polar surface area (TPSA) is 56.8 Å². The summed E-state index contributed by atoms with van der Waals surface area (Å²) in [5.41, 5.74) is -1.20. The van der Waals surface area contributed by atoms with Gasteiger partial charge in [0, 0.05) is 61.5 Å². The van der Waals surface area contributed by atoms with Crippen molar-refractivity contribution in [2.75, 3.05) is 39.3 Å². The number of aromatic nitrogens is 1. The van der Waals surface area contributed by atoms with Gasteiger partial charge in [0.05, 0.1) is 5.51 Å². The lowest BCUT2D eigenvalue weighted by molar-refractivity contribution is -0.140. The van der Waals surface area contributed by atoms with E-state index < -0.39 is 5.51 Å². The molecule has 11 heteroatoms. The first-order valence-electron chi connectivity index (χ1n) is 10.8. The van der Waals surface area contributed by atoms with Gasteiger partial charge in [0.2, 0.25) is 5.91 Å². The summed E-state index contributed by atoms with van der Waals surface area (Å²) in [4.78, 5) is 35.6. The number of likely N-dealkylation sites (tertiary alicyclic amines) is 1. The second-order valence-corrected chi connectivity index (χ2v) is 10.5. The monoisotopic (exact) mass is 496 g/mol. The number of carbonyl (C=O) groups is 2. The number of thioether (sulfide) groups is 1. The predicted octanol–water partition coefficient (Wildman–Crippen LogP) is 3.53. The van der Waals surface area contributed by atoms with Crippen LogP contribution in [0.1, 0.15) is 28.4 Å². The normalized spacial score (nSPS) is 24.0. The summed E-state index contributed by atoms with van der Waals surface area (Å²) in [6, 6.07) is 6.69. The molecule has 0 radical (unpaired) electrons. The van der Waals surface area contributed by atoms with E-state index in [1.54, 1.807) is 23.0 Å². The number of carbonyl (C=O) groups excluding carboxylic acids is 2. The van der Waals surface area contributed by atoms with Gasteiger partial charge in [-0.3, -0.25) is 14.5 Å². The number of benzene rings is 1. The van der Waals surface area contributed by atoms with E-state index >= 15 is 0 Å². The highest BCUT2D eigenvalue weighted by Gasteiger charge is 2.48. The van der Waals surface area contributed by atoms with Crippen LogP contribution in [-0.2, 0) is 4.79 Å². The molecular formula is C22H23F3N4O2S2. The summed E-state index contributed by atoms with van der Waals surface area (Å²) in [6.45, 7) is 4.29. The van der Waals surface area contributed by atoms with E-state index in [9.17, 15) is 22.8 Å². The number of hydrogen-bond acceptors (Lipinski definition) is 6. The first kappa shape index (κ1) is 22.7. The molecule has 1 saturated carbocycles. The van der Waals surface area contributed by atoms with Gasteiger partial charge in [-0.25, -0.2) is 4.98 Å². The summed E-state index contributed by atoms with van der Waals surface area (Å²) < 4.78 is 37.5. The van der Waals surface area contributed by atoms with Crippen molar-refractivity contribution in [3.05, 3.63) is 46.4 Å². The summed E-state index contributed by atoms with van der Waals surface area (Å²) in [7, 11) is 0. The van der Waals surface area contributed by atoms with E-state index in [4.69, 9.17) is 0 Å². The maximum atomic E-state index is 12.8. The first-order chi connectivity index (χ1) is 15.8. The molecule has 3 aliphatic rings. The first-order valence-corrected chi connectivity index (χ1v) is 12.6. The average molecular weight is 497 g/mol. The third-order valence-electron chi connectivity index (χ3n) is 6.59. The quantitative estimate of drug-likeness (QED) is 0.593. The molecule has 2 amide bonds. The Kier molecular flexibility index (Phi) is 6.13. The zero-order valence-electron chi connectivity index (χ0n) is 17.7. The number of thiazole rings is 1. The molecule has 6 nitrogen and oxygen atoms in total. The summed E-state index contributed by atoms with van der Waals surface area (Å²) in [5, 5.41) is 1.77. The van der Waals surface area contributed by atoms with E-state index in [1.165, 1.54) is 23.5 Å². The Morgan fingerprint density at radius 2 is 1.73 bits per heavy atom. The molecule has 2 aliphatic heterocycles. The van der Waals surface area contributed by atoms with Crippen LogP contribution in [0, 0.1) is 5.92 Å². The van der Waals surface area contributed by atoms with E-state index in [0.717, 1.165) is 25.1 Å². The summed E-state index contributed by atoms with van der Waals surface area (Å²) >= 11 is 1.29. The zero-order valence-corrected chi connectivity index (χ0v) is 19.3. The number of amides is 2. The maximum absolute atomic E-state index is 12.8. The number of alkyl halides is 3. The Labute approximate surface area is 197 Å². The summed E-state index contributed by atoms with van der Waals surface area (Å²) in [6.07, 6.45) is 0.753. The maximum Gasteiger partial charge on any atom is 0.446 e. The van der Waals surface area contributed by atoms with Gasteiger partial charge in [-0.15, -0.1) is 11.3 Å². The van der Waals surface area contributed by atoms with Gasteiger partial charge in [0.15, 0.2) is 0 Å². The van der Waals surface area contributed by atoms with Crippen LogP contribution in [0.3, 0.4) is 0 Å². The van der Waals surface area contributed by atoms with E-state index in [2.05, 4.69) is 9.88 Å². The van der Waals surface area contributed by atoms with Crippen molar-refractivity contribution in [1.29, 1.82) is 0 Å². The van der Waals surface area contributed by atoms with Gasteiger partial charge in [0.1, 0.15) is 5.69 Å². The number of rotatable bonds is 5. The highest BCUT2D eigenvalue weighted by molar-refractivity contribution is 8.00. The molecule has 3 fully saturated rings. The molecule has 0 unspecified atom stereocenters. The van der Waals surface area contributed by atoms with Crippen molar-refractivity contribution in [3.8, 4) is 0 Å². The molecule has 1 aliphatic carbocycles. The third kappa shape index (κ3) is 5.04. The third-order valence-corrected chi connectivity index (χ3v) is 7.92.